The van der Waals surface area contributed by atoms with Gasteiger partial charge in [0.05, 0.1) is 0 Å². The molecule has 1 rings (SSSR count). The van der Waals surface area contributed by atoms with E-state index >= 15 is 0 Å². The zero-order valence-corrected chi connectivity index (χ0v) is 8.08. The van der Waals surface area contributed by atoms with Crippen molar-refractivity contribution in [3.63, 3.8) is 0 Å². The fourth-order valence-corrected chi connectivity index (χ4v) is 0.880. The lowest BCUT2D eigenvalue weighted by Crippen LogP contribution is -2.17. The van der Waals surface area contributed by atoms with Gasteiger partial charge in [-0.1, -0.05) is 16.8 Å². The molecule has 72 valence electrons. The number of allylic oxidation sites excluding steroid dienone is 1. The molecule has 1 N–H and O–H groups in total. The summed E-state index contributed by atoms with van der Waals surface area (Å²) in [5, 5.41) is 6.77. The molecule has 0 spiro atoms. The summed E-state index contributed by atoms with van der Waals surface area (Å²) in [6, 6.07) is 0. The molecule has 1 aromatic heterocycles. The number of nitrogens with one attached hydrogen (secondary N) is 1. The van der Waals surface area contributed by atoms with Crippen molar-refractivity contribution in [2.75, 3.05) is 13.1 Å². The predicted octanol–water partition coefficient (Wildman–Crippen LogP) is 1.17. The van der Waals surface area contributed by atoms with Crippen LogP contribution in [0, 0.1) is 0 Å². The summed E-state index contributed by atoms with van der Waals surface area (Å²) in [7, 11) is 0. The molecule has 4 nitrogen and oxygen atoms in total. The summed E-state index contributed by atoms with van der Waals surface area (Å²) in [6.45, 7) is 5.93. The van der Waals surface area contributed by atoms with E-state index in [0.717, 1.165) is 19.5 Å². The second-order valence-electron chi connectivity index (χ2n) is 3.07. The molecule has 0 saturated carbocycles. The Morgan fingerprint density at radius 3 is 3.08 bits per heavy atom. The van der Waals surface area contributed by atoms with E-state index in [4.69, 9.17) is 4.52 Å². The van der Waals surface area contributed by atoms with E-state index in [0.29, 0.717) is 5.89 Å². The molecule has 0 aliphatic heterocycles. The normalized spacial score (nSPS) is 10.0. The molecule has 0 bridgehead atoms. The van der Waals surface area contributed by atoms with Gasteiger partial charge in [-0.05, 0) is 13.8 Å². The summed E-state index contributed by atoms with van der Waals surface area (Å²) in [5.41, 5.74) is 1.32. The van der Waals surface area contributed by atoms with E-state index < -0.39 is 0 Å². The molecule has 4 heteroatoms. The summed E-state index contributed by atoms with van der Waals surface area (Å²) in [5.74, 6) is 0.685. The third-order valence-corrected chi connectivity index (χ3v) is 1.58. The average Bonchev–Trinajstić information content (AvgIpc) is 2.55. The fourth-order valence-electron chi connectivity index (χ4n) is 0.880. The SMILES string of the molecule is CC(C)=CCNCCc1ncno1. The quantitative estimate of drug-likeness (QED) is 0.547. The molecule has 0 saturated heterocycles. The monoisotopic (exact) mass is 181 g/mol. The molecule has 0 aliphatic carbocycles. The lowest BCUT2D eigenvalue weighted by molar-refractivity contribution is 0.375. The van der Waals surface area contributed by atoms with Crippen LogP contribution in [0.2, 0.25) is 0 Å². The van der Waals surface area contributed by atoms with Crippen molar-refractivity contribution in [3.05, 3.63) is 23.9 Å². The van der Waals surface area contributed by atoms with Crippen LogP contribution in [0.4, 0.5) is 0 Å². The molecule has 0 amide bonds. The van der Waals surface area contributed by atoms with Gasteiger partial charge in [0.1, 0.15) is 0 Å². The van der Waals surface area contributed by atoms with Crippen molar-refractivity contribution >= 4 is 0 Å². The topological polar surface area (TPSA) is 51.0 Å². The smallest absolute Gasteiger partial charge is 0.227 e. The summed E-state index contributed by atoms with van der Waals surface area (Å²) >= 11 is 0. The molecule has 13 heavy (non-hydrogen) atoms. The van der Waals surface area contributed by atoms with Crippen molar-refractivity contribution in [3.8, 4) is 0 Å². The highest BCUT2D eigenvalue weighted by Gasteiger charge is 1.96. The standard InChI is InChI=1S/C9H15N3O/c1-8(2)3-5-10-6-4-9-11-7-12-13-9/h3,7,10H,4-6H2,1-2H3. The van der Waals surface area contributed by atoms with Crippen LogP contribution in [0.5, 0.6) is 0 Å². The Bertz CT molecular complexity index is 250. The summed E-state index contributed by atoms with van der Waals surface area (Å²) in [4.78, 5) is 3.92. The number of aromatic nitrogens is 2. The van der Waals surface area contributed by atoms with Gasteiger partial charge in [0.15, 0.2) is 6.33 Å². The van der Waals surface area contributed by atoms with Crippen LogP contribution in [-0.2, 0) is 6.42 Å². The first-order chi connectivity index (χ1) is 6.29. The van der Waals surface area contributed by atoms with Crippen LogP contribution in [0.1, 0.15) is 19.7 Å². The first-order valence-electron chi connectivity index (χ1n) is 4.38. The van der Waals surface area contributed by atoms with Crippen molar-refractivity contribution in [1.29, 1.82) is 0 Å². The highest BCUT2D eigenvalue weighted by atomic mass is 16.5. The predicted molar refractivity (Wildman–Crippen MR) is 50.3 cm³/mol. The Hall–Kier alpha value is -1.16. The van der Waals surface area contributed by atoms with Gasteiger partial charge in [-0.15, -0.1) is 0 Å². The Kier molecular flexibility index (Phi) is 4.18. The zero-order valence-electron chi connectivity index (χ0n) is 8.08. The van der Waals surface area contributed by atoms with E-state index in [-0.39, 0.29) is 0 Å². The van der Waals surface area contributed by atoms with E-state index in [1.807, 2.05) is 0 Å². The van der Waals surface area contributed by atoms with E-state index in [9.17, 15) is 0 Å². The van der Waals surface area contributed by atoms with Crippen molar-refractivity contribution in [2.45, 2.75) is 20.3 Å². The molecule has 0 aliphatic rings. The lowest BCUT2D eigenvalue weighted by atomic mass is 10.3. The highest BCUT2D eigenvalue weighted by molar-refractivity contribution is 4.94. The molecule has 1 aromatic rings. The fraction of sp³-hybridized carbons (Fsp3) is 0.556. The Morgan fingerprint density at radius 2 is 2.46 bits per heavy atom. The van der Waals surface area contributed by atoms with Gasteiger partial charge in [-0.2, -0.15) is 4.98 Å². The minimum Gasteiger partial charge on any atom is -0.340 e. The van der Waals surface area contributed by atoms with Crippen molar-refractivity contribution in [1.82, 2.24) is 15.5 Å². The second-order valence-corrected chi connectivity index (χ2v) is 3.07. The zero-order chi connectivity index (χ0) is 9.52. The number of hydrogen-bond donors (Lipinski definition) is 1. The molecular formula is C9H15N3O. The Balaban J connectivity index is 2.05. The van der Waals surface area contributed by atoms with Gasteiger partial charge in [0.25, 0.3) is 0 Å². The van der Waals surface area contributed by atoms with Gasteiger partial charge in [-0.3, -0.25) is 0 Å². The molecule has 0 atom stereocenters. The first-order valence-corrected chi connectivity index (χ1v) is 4.38. The third-order valence-electron chi connectivity index (χ3n) is 1.58. The van der Waals surface area contributed by atoms with Gasteiger partial charge >= 0.3 is 0 Å². The minimum atomic E-state index is 0.685. The number of nitrogens with zero attached hydrogens (tertiary/aromatic N) is 2. The molecule has 0 unspecified atom stereocenters. The molecule has 0 radical (unpaired) electrons. The highest BCUT2D eigenvalue weighted by Crippen LogP contribution is 1.90. The number of rotatable bonds is 5. The van der Waals surface area contributed by atoms with Gasteiger partial charge in [0.2, 0.25) is 5.89 Å². The van der Waals surface area contributed by atoms with Crippen LogP contribution in [0.25, 0.3) is 0 Å². The maximum atomic E-state index is 4.84. The van der Waals surface area contributed by atoms with E-state index in [1.54, 1.807) is 0 Å². The summed E-state index contributed by atoms with van der Waals surface area (Å²) < 4.78 is 4.84. The van der Waals surface area contributed by atoms with E-state index in [2.05, 4.69) is 35.4 Å². The van der Waals surface area contributed by atoms with Crippen LogP contribution in [0.3, 0.4) is 0 Å². The van der Waals surface area contributed by atoms with Gasteiger partial charge < -0.3 is 9.84 Å². The van der Waals surface area contributed by atoms with Gasteiger partial charge in [0, 0.05) is 19.5 Å². The second kappa shape index (κ2) is 5.48. The molecule has 1 heterocycles. The minimum absolute atomic E-state index is 0.685. The average molecular weight is 181 g/mol. The number of hydrogen-bond acceptors (Lipinski definition) is 4. The largest absolute Gasteiger partial charge is 0.340 e. The van der Waals surface area contributed by atoms with E-state index in [1.165, 1.54) is 11.9 Å². The van der Waals surface area contributed by atoms with Gasteiger partial charge in [-0.25, -0.2) is 0 Å². The maximum absolute atomic E-state index is 4.84. The van der Waals surface area contributed by atoms with Crippen molar-refractivity contribution < 1.29 is 4.52 Å². The van der Waals surface area contributed by atoms with Crippen molar-refractivity contribution in [2.24, 2.45) is 0 Å². The van der Waals surface area contributed by atoms with Crippen LogP contribution in [-0.4, -0.2) is 23.2 Å². The molecular weight excluding hydrogens is 166 g/mol. The molecule has 0 fully saturated rings. The third kappa shape index (κ3) is 4.42. The molecule has 0 aromatic carbocycles. The lowest BCUT2D eigenvalue weighted by Gasteiger charge is -1.97. The van der Waals surface area contributed by atoms with Crippen LogP contribution >= 0.6 is 0 Å². The summed E-state index contributed by atoms with van der Waals surface area (Å²) in [6.07, 6.45) is 4.36. The Morgan fingerprint density at radius 1 is 1.62 bits per heavy atom. The van der Waals surface area contributed by atoms with Crippen LogP contribution in [0.15, 0.2) is 22.5 Å². The first kappa shape index (κ1) is 9.92. The van der Waals surface area contributed by atoms with Crippen LogP contribution < -0.4 is 5.32 Å². The Labute approximate surface area is 78.0 Å². The maximum Gasteiger partial charge on any atom is 0.227 e.